The minimum Gasteiger partial charge on any atom is -0.366 e. The van der Waals surface area contributed by atoms with Gasteiger partial charge in [-0.2, -0.15) is 0 Å². The molecule has 0 aliphatic carbocycles. The third-order valence-corrected chi connectivity index (χ3v) is 5.45. The summed E-state index contributed by atoms with van der Waals surface area (Å²) < 4.78 is 40.6. The predicted molar refractivity (Wildman–Crippen MR) is 86.4 cm³/mol. The summed E-state index contributed by atoms with van der Waals surface area (Å²) in [5, 5.41) is 0. The van der Waals surface area contributed by atoms with E-state index in [-0.39, 0.29) is 16.1 Å². The van der Waals surface area contributed by atoms with Crippen LogP contribution >= 0.6 is 0 Å². The van der Waals surface area contributed by atoms with Gasteiger partial charge in [0.05, 0.1) is 16.1 Å². The number of aryl methyl sites for hydroxylation is 2. The predicted octanol–water partition coefficient (Wildman–Crippen LogP) is 2.37. The Balaban J connectivity index is 2.67. The highest BCUT2D eigenvalue weighted by Crippen LogP contribution is 2.29. The summed E-state index contributed by atoms with van der Waals surface area (Å²) in [6, 6.07) is 8.63. The fourth-order valence-corrected chi connectivity index (χ4v) is 3.82. The van der Waals surface area contributed by atoms with Gasteiger partial charge in [-0.1, -0.05) is 18.2 Å². The molecule has 5 nitrogen and oxygen atoms in total. The SMILES string of the molecule is Cc1ccc(C)c(S(=O)(=O)N(C)c2c(F)cccc2C(N)=O)c1. The molecule has 23 heavy (non-hydrogen) atoms. The van der Waals surface area contributed by atoms with E-state index in [0.29, 0.717) is 5.56 Å². The van der Waals surface area contributed by atoms with Gasteiger partial charge in [0, 0.05) is 7.05 Å². The Kier molecular flexibility index (Phi) is 4.42. The highest BCUT2D eigenvalue weighted by Gasteiger charge is 2.28. The second-order valence-corrected chi connectivity index (χ2v) is 7.18. The van der Waals surface area contributed by atoms with E-state index < -0.39 is 21.7 Å². The van der Waals surface area contributed by atoms with E-state index in [1.54, 1.807) is 26.0 Å². The van der Waals surface area contributed by atoms with Gasteiger partial charge >= 0.3 is 0 Å². The lowest BCUT2D eigenvalue weighted by atomic mass is 10.1. The molecule has 0 radical (unpaired) electrons. The molecule has 0 unspecified atom stereocenters. The van der Waals surface area contributed by atoms with Crippen LogP contribution in [0.4, 0.5) is 10.1 Å². The molecule has 0 aromatic heterocycles. The van der Waals surface area contributed by atoms with E-state index >= 15 is 0 Å². The zero-order valence-corrected chi connectivity index (χ0v) is 13.8. The zero-order valence-electron chi connectivity index (χ0n) is 13.0. The summed E-state index contributed by atoms with van der Waals surface area (Å²) in [5.74, 6) is -1.74. The number of hydrogen-bond acceptors (Lipinski definition) is 3. The maximum absolute atomic E-state index is 14.2. The van der Waals surface area contributed by atoms with Gasteiger partial charge in [0.25, 0.3) is 15.9 Å². The first-order chi connectivity index (χ1) is 10.7. The monoisotopic (exact) mass is 336 g/mol. The molecular formula is C16H17FN2O3S. The average molecular weight is 336 g/mol. The van der Waals surface area contributed by atoms with Crippen molar-refractivity contribution >= 4 is 21.6 Å². The number of sulfonamides is 1. The molecule has 2 rings (SSSR count). The van der Waals surface area contributed by atoms with Crippen molar-refractivity contribution in [3.63, 3.8) is 0 Å². The third kappa shape index (κ3) is 3.05. The molecule has 2 aromatic carbocycles. The van der Waals surface area contributed by atoms with Crippen molar-refractivity contribution in [2.75, 3.05) is 11.4 Å². The highest BCUT2D eigenvalue weighted by atomic mass is 32.2. The molecular weight excluding hydrogens is 319 g/mol. The van der Waals surface area contributed by atoms with Gasteiger partial charge in [0.2, 0.25) is 0 Å². The number of nitrogens with two attached hydrogens (primary N) is 1. The Morgan fingerprint density at radius 1 is 1.17 bits per heavy atom. The Morgan fingerprint density at radius 2 is 1.83 bits per heavy atom. The van der Waals surface area contributed by atoms with Gasteiger partial charge in [-0.25, -0.2) is 12.8 Å². The van der Waals surface area contributed by atoms with Crippen LogP contribution in [0.15, 0.2) is 41.3 Å². The third-order valence-electron chi connectivity index (χ3n) is 3.55. The van der Waals surface area contributed by atoms with Crippen LogP contribution in [0.1, 0.15) is 21.5 Å². The van der Waals surface area contributed by atoms with Gasteiger partial charge in [0.15, 0.2) is 0 Å². The topological polar surface area (TPSA) is 80.5 Å². The molecule has 2 N–H and O–H groups in total. The molecule has 1 amide bonds. The second-order valence-electron chi connectivity index (χ2n) is 5.24. The number of anilines is 1. The van der Waals surface area contributed by atoms with Crippen LogP contribution in [-0.2, 0) is 10.0 Å². The van der Waals surface area contributed by atoms with Crippen LogP contribution < -0.4 is 10.0 Å². The molecule has 0 atom stereocenters. The molecule has 0 saturated carbocycles. The van der Waals surface area contributed by atoms with Crippen molar-refractivity contribution in [1.29, 1.82) is 0 Å². The minimum atomic E-state index is -4.04. The highest BCUT2D eigenvalue weighted by molar-refractivity contribution is 7.92. The van der Waals surface area contributed by atoms with Gasteiger partial charge in [-0.3, -0.25) is 9.10 Å². The summed E-state index contributed by atoms with van der Waals surface area (Å²) in [6.07, 6.45) is 0. The van der Waals surface area contributed by atoms with E-state index in [1.807, 2.05) is 0 Å². The number of hydrogen-bond donors (Lipinski definition) is 1. The molecule has 0 aliphatic heterocycles. The summed E-state index contributed by atoms with van der Waals surface area (Å²) in [6.45, 7) is 3.41. The first-order valence-electron chi connectivity index (χ1n) is 6.80. The number of halogens is 1. The van der Waals surface area contributed by atoms with E-state index in [1.165, 1.54) is 25.2 Å². The van der Waals surface area contributed by atoms with Crippen molar-refractivity contribution in [2.45, 2.75) is 18.7 Å². The summed E-state index contributed by atoms with van der Waals surface area (Å²) in [4.78, 5) is 11.6. The van der Waals surface area contributed by atoms with Gasteiger partial charge in [0.1, 0.15) is 5.82 Å². The summed E-state index contributed by atoms with van der Waals surface area (Å²) in [7, 11) is -2.84. The number of para-hydroxylation sites is 1. The van der Waals surface area contributed by atoms with Crippen LogP contribution in [0.2, 0.25) is 0 Å². The first kappa shape index (κ1) is 17.0. The van der Waals surface area contributed by atoms with E-state index in [9.17, 15) is 17.6 Å². The molecule has 7 heteroatoms. The molecule has 0 spiro atoms. The average Bonchev–Trinajstić information content (AvgIpc) is 2.48. The normalized spacial score (nSPS) is 11.3. The summed E-state index contributed by atoms with van der Waals surface area (Å²) in [5.41, 5.74) is 5.96. The van der Waals surface area contributed by atoms with Crippen LogP contribution in [0, 0.1) is 19.7 Å². The van der Waals surface area contributed by atoms with Crippen molar-refractivity contribution in [3.05, 3.63) is 58.9 Å². The number of carbonyl (C=O) groups excluding carboxylic acids is 1. The second kappa shape index (κ2) is 6.00. The lowest BCUT2D eigenvalue weighted by Crippen LogP contribution is -2.30. The molecule has 0 aliphatic rings. The molecule has 0 heterocycles. The zero-order chi connectivity index (χ0) is 17.4. The Morgan fingerprint density at radius 3 is 2.43 bits per heavy atom. The van der Waals surface area contributed by atoms with Crippen LogP contribution in [-0.4, -0.2) is 21.4 Å². The Hall–Kier alpha value is -2.41. The van der Waals surface area contributed by atoms with Crippen molar-refractivity contribution in [1.82, 2.24) is 0 Å². The van der Waals surface area contributed by atoms with E-state index in [4.69, 9.17) is 5.73 Å². The Labute approximate surface area is 134 Å². The molecule has 0 bridgehead atoms. The molecule has 0 saturated heterocycles. The quantitative estimate of drug-likeness (QED) is 0.931. The van der Waals surface area contributed by atoms with Gasteiger partial charge in [-0.15, -0.1) is 0 Å². The van der Waals surface area contributed by atoms with Crippen LogP contribution in [0.25, 0.3) is 0 Å². The lowest BCUT2D eigenvalue weighted by molar-refractivity contribution is 0.100. The maximum Gasteiger partial charge on any atom is 0.264 e. The Bertz CT molecular complexity index is 879. The minimum absolute atomic E-state index is 0.0543. The fraction of sp³-hybridized carbons (Fsp3) is 0.188. The number of primary amides is 1. The van der Waals surface area contributed by atoms with Gasteiger partial charge < -0.3 is 5.73 Å². The standard InChI is InChI=1S/C16H17FN2O3S/c1-10-7-8-11(2)14(9-10)23(21,22)19(3)15-12(16(18)20)5-4-6-13(15)17/h4-9H,1-3H3,(H2,18,20). The number of benzene rings is 2. The first-order valence-corrected chi connectivity index (χ1v) is 8.24. The van der Waals surface area contributed by atoms with Crippen molar-refractivity contribution < 1.29 is 17.6 Å². The van der Waals surface area contributed by atoms with Crippen LogP contribution in [0.3, 0.4) is 0 Å². The lowest BCUT2D eigenvalue weighted by Gasteiger charge is -2.23. The largest absolute Gasteiger partial charge is 0.366 e. The molecule has 122 valence electrons. The van der Waals surface area contributed by atoms with Crippen molar-refractivity contribution in [2.24, 2.45) is 5.73 Å². The van der Waals surface area contributed by atoms with E-state index in [2.05, 4.69) is 0 Å². The van der Waals surface area contributed by atoms with Crippen molar-refractivity contribution in [3.8, 4) is 0 Å². The maximum atomic E-state index is 14.2. The number of carbonyl (C=O) groups is 1. The summed E-state index contributed by atoms with van der Waals surface area (Å²) >= 11 is 0. The van der Waals surface area contributed by atoms with E-state index in [0.717, 1.165) is 15.9 Å². The number of amides is 1. The van der Waals surface area contributed by atoms with Crippen LogP contribution in [0.5, 0.6) is 0 Å². The molecule has 2 aromatic rings. The number of nitrogens with zero attached hydrogens (tertiary/aromatic N) is 1. The molecule has 0 fully saturated rings. The fourth-order valence-electron chi connectivity index (χ4n) is 2.29. The van der Waals surface area contributed by atoms with Gasteiger partial charge in [-0.05, 0) is 43.2 Å². The smallest absolute Gasteiger partial charge is 0.264 e. The number of rotatable bonds is 4.